The second-order valence-electron chi connectivity index (χ2n) is 2.39. The molecule has 0 unspecified atom stereocenters. The molecule has 0 saturated heterocycles. The van der Waals surface area contributed by atoms with Gasteiger partial charge < -0.3 is 4.84 Å². The highest BCUT2D eigenvalue weighted by Crippen LogP contribution is 2.04. The van der Waals surface area contributed by atoms with E-state index in [9.17, 15) is 13.2 Å². The summed E-state index contributed by atoms with van der Waals surface area (Å²) < 4.78 is 22.3. The van der Waals surface area contributed by atoms with Crippen molar-refractivity contribution in [2.24, 2.45) is 4.53 Å². The summed E-state index contributed by atoms with van der Waals surface area (Å²) in [5, 5.41) is 0. The van der Waals surface area contributed by atoms with Crippen LogP contribution in [-0.4, -0.2) is 14.4 Å². The van der Waals surface area contributed by atoms with Crippen molar-refractivity contribution in [1.29, 1.82) is 0 Å². The van der Waals surface area contributed by atoms with Gasteiger partial charge in [0.05, 0.1) is 10.9 Å². The molecule has 0 N–H and O–H groups in total. The number of carbonyl (C=O) groups is 1. The molecule has 13 heavy (non-hydrogen) atoms. The lowest BCUT2D eigenvalue weighted by atomic mass is 10.1. The molecule has 0 aliphatic carbocycles. The van der Waals surface area contributed by atoms with Crippen molar-refractivity contribution < 1.29 is 18.0 Å². The Hall–Kier alpha value is -1.17. The highest BCUT2D eigenvalue weighted by Gasteiger charge is 2.02. The van der Waals surface area contributed by atoms with E-state index in [1.807, 2.05) is 19.9 Å². The van der Waals surface area contributed by atoms with Gasteiger partial charge >= 0.3 is 16.5 Å². The van der Waals surface area contributed by atoms with Crippen LogP contribution < -0.4 is 0 Å². The number of allylic oxidation sites excluding steroid dienone is 2. The minimum atomic E-state index is -2.68. The predicted octanol–water partition coefficient (Wildman–Crippen LogP) is 1.25. The molecule has 0 rings (SSSR count). The van der Waals surface area contributed by atoms with E-state index in [2.05, 4.69) is 9.36 Å². The fraction of sp³-hybridized carbons (Fsp3) is 0.571. The van der Waals surface area contributed by atoms with Gasteiger partial charge in [-0.2, -0.15) is 8.42 Å². The predicted molar refractivity (Wildman–Crippen MR) is 46.1 cm³/mol. The zero-order chi connectivity index (χ0) is 10.3. The summed E-state index contributed by atoms with van der Waals surface area (Å²) in [6.45, 7) is 3.73. The van der Waals surface area contributed by atoms with E-state index in [4.69, 9.17) is 0 Å². The lowest BCUT2D eigenvalue weighted by Crippen LogP contribution is -1.99. The number of hydrogen-bond donors (Lipinski definition) is 0. The highest BCUT2D eigenvalue weighted by atomic mass is 32.2. The monoisotopic (exact) mass is 205 g/mol. The van der Waals surface area contributed by atoms with E-state index < -0.39 is 16.5 Å². The van der Waals surface area contributed by atoms with Gasteiger partial charge in [-0.05, 0) is 20.3 Å². The van der Waals surface area contributed by atoms with Crippen molar-refractivity contribution in [1.82, 2.24) is 0 Å². The number of carbonyl (C=O) groups excluding carboxylic acids is 1. The number of nitrogens with zero attached hydrogens (tertiary/aromatic N) is 1. The van der Waals surface area contributed by atoms with Gasteiger partial charge in [-0.15, -0.1) is 0 Å². The van der Waals surface area contributed by atoms with Crippen molar-refractivity contribution in [3.8, 4) is 0 Å². The SMILES string of the molecule is CC=C(C)CCC(=O)ON=S(=O)=O. The van der Waals surface area contributed by atoms with Crippen LogP contribution in [0.3, 0.4) is 0 Å². The van der Waals surface area contributed by atoms with Crippen LogP contribution in [0.2, 0.25) is 0 Å². The molecule has 0 heterocycles. The first-order chi connectivity index (χ1) is 6.06. The Morgan fingerprint density at radius 2 is 2.08 bits per heavy atom. The van der Waals surface area contributed by atoms with Crippen LogP contribution in [0.15, 0.2) is 16.2 Å². The largest absolute Gasteiger partial charge is 0.349 e. The molecule has 0 aliphatic rings. The summed E-state index contributed by atoms with van der Waals surface area (Å²) >= 11 is 0. The van der Waals surface area contributed by atoms with Crippen LogP contribution in [0.25, 0.3) is 0 Å². The van der Waals surface area contributed by atoms with Crippen molar-refractivity contribution in [2.75, 3.05) is 0 Å². The maximum Gasteiger partial charge on any atom is 0.349 e. The fourth-order valence-corrected chi connectivity index (χ4v) is 0.705. The van der Waals surface area contributed by atoms with Gasteiger partial charge in [0.15, 0.2) is 0 Å². The minimum absolute atomic E-state index is 0.136. The van der Waals surface area contributed by atoms with E-state index in [1.54, 1.807) is 0 Å². The van der Waals surface area contributed by atoms with Crippen molar-refractivity contribution in [3.05, 3.63) is 11.6 Å². The second kappa shape index (κ2) is 6.36. The highest BCUT2D eigenvalue weighted by molar-refractivity contribution is 7.61. The van der Waals surface area contributed by atoms with E-state index in [1.165, 1.54) is 0 Å². The van der Waals surface area contributed by atoms with Crippen LogP contribution in [0, 0.1) is 0 Å². The van der Waals surface area contributed by atoms with Gasteiger partial charge in [-0.25, -0.2) is 4.79 Å². The summed E-state index contributed by atoms with van der Waals surface area (Å²) in [6.07, 6.45) is 2.56. The zero-order valence-electron chi connectivity index (χ0n) is 7.48. The molecule has 0 radical (unpaired) electrons. The van der Waals surface area contributed by atoms with E-state index in [0.29, 0.717) is 6.42 Å². The Kier molecular flexibility index (Phi) is 5.79. The molecule has 0 spiro atoms. The lowest BCUT2D eigenvalue weighted by Gasteiger charge is -1.96. The van der Waals surface area contributed by atoms with Gasteiger partial charge in [0, 0.05) is 0 Å². The van der Waals surface area contributed by atoms with Crippen LogP contribution in [0.1, 0.15) is 26.7 Å². The van der Waals surface area contributed by atoms with Crippen LogP contribution in [-0.2, 0) is 20.1 Å². The Morgan fingerprint density at radius 3 is 2.54 bits per heavy atom. The molecule has 0 aliphatic heterocycles. The maximum atomic E-state index is 10.8. The lowest BCUT2D eigenvalue weighted by molar-refractivity contribution is -0.143. The van der Waals surface area contributed by atoms with E-state index in [-0.39, 0.29) is 6.42 Å². The quantitative estimate of drug-likeness (QED) is 0.511. The summed E-state index contributed by atoms with van der Waals surface area (Å²) in [6, 6.07) is 0. The topological polar surface area (TPSA) is 72.8 Å². The third kappa shape index (κ3) is 7.20. The molecule has 74 valence electrons. The molecule has 0 aromatic heterocycles. The first kappa shape index (κ1) is 11.8. The number of rotatable bonds is 4. The van der Waals surface area contributed by atoms with Gasteiger partial charge in [-0.1, -0.05) is 11.6 Å². The summed E-state index contributed by atoms with van der Waals surface area (Å²) in [5.74, 6) is -0.648. The zero-order valence-corrected chi connectivity index (χ0v) is 8.30. The van der Waals surface area contributed by atoms with E-state index >= 15 is 0 Å². The Labute approximate surface area is 78.1 Å². The normalized spacial score (nSPS) is 10.8. The number of hydrogen-bond acceptors (Lipinski definition) is 5. The van der Waals surface area contributed by atoms with Crippen molar-refractivity contribution >= 4 is 16.5 Å². The molecule has 0 fully saturated rings. The molecule has 0 atom stereocenters. The summed E-state index contributed by atoms with van der Waals surface area (Å²) in [7, 11) is -2.68. The maximum absolute atomic E-state index is 10.8. The molecule has 0 bridgehead atoms. The average Bonchev–Trinajstić information content (AvgIpc) is 2.10. The van der Waals surface area contributed by atoms with Crippen LogP contribution >= 0.6 is 0 Å². The van der Waals surface area contributed by atoms with Gasteiger partial charge in [0.1, 0.15) is 0 Å². The van der Waals surface area contributed by atoms with Crippen molar-refractivity contribution in [2.45, 2.75) is 26.7 Å². The molecule has 0 amide bonds. The first-order valence-corrected chi connectivity index (χ1v) is 4.71. The molecule has 0 saturated carbocycles. The molecule has 0 aromatic carbocycles. The standard InChI is InChI=1S/C7H11NO4S/c1-3-6(2)4-5-7(9)12-8-13(10)11/h3H,4-5H2,1-2H3. The molecule has 0 aromatic rings. The Bertz CT molecular complexity index is 320. The third-order valence-electron chi connectivity index (χ3n) is 1.42. The fourth-order valence-electron chi connectivity index (χ4n) is 0.561. The van der Waals surface area contributed by atoms with E-state index in [0.717, 1.165) is 5.57 Å². The van der Waals surface area contributed by atoms with Gasteiger partial charge in [0.2, 0.25) is 0 Å². The van der Waals surface area contributed by atoms with Crippen LogP contribution in [0.5, 0.6) is 0 Å². The first-order valence-electron chi connectivity index (χ1n) is 3.68. The minimum Gasteiger partial charge on any atom is -0.303 e. The molecule has 6 heteroatoms. The summed E-state index contributed by atoms with van der Waals surface area (Å²) in [5.41, 5.74) is 1.04. The Balaban J connectivity index is 3.84. The average molecular weight is 205 g/mol. The van der Waals surface area contributed by atoms with Gasteiger partial charge in [0.25, 0.3) is 0 Å². The molecular weight excluding hydrogens is 194 g/mol. The van der Waals surface area contributed by atoms with Crippen LogP contribution in [0.4, 0.5) is 0 Å². The van der Waals surface area contributed by atoms with Gasteiger partial charge in [-0.3, -0.25) is 0 Å². The molecular formula is C7H11NO4S. The second-order valence-corrected chi connectivity index (χ2v) is 2.97. The third-order valence-corrected chi connectivity index (χ3v) is 1.61. The Morgan fingerprint density at radius 1 is 1.46 bits per heavy atom. The smallest absolute Gasteiger partial charge is 0.303 e. The summed E-state index contributed by atoms with van der Waals surface area (Å²) in [4.78, 5) is 14.8. The van der Waals surface area contributed by atoms with Crippen molar-refractivity contribution in [3.63, 3.8) is 0 Å². The molecule has 5 nitrogen and oxygen atoms in total.